The van der Waals surface area contributed by atoms with Gasteiger partial charge in [0, 0.05) is 12.1 Å². The third-order valence-electron chi connectivity index (χ3n) is 3.76. The van der Waals surface area contributed by atoms with Gasteiger partial charge in [0.05, 0.1) is 5.69 Å². The summed E-state index contributed by atoms with van der Waals surface area (Å²) in [5.74, 6) is 0. The van der Waals surface area contributed by atoms with E-state index in [2.05, 4.69) is 24.1 Å². The zero-order chi connectivity index (χ0) is 15.3. The van der Waals surface area contributed by atoms with Crippen molar-refractivity contribution in [1.29, 1.82) is 0 Å². The van der Waals surface area contributed by atoms with Crippen LogP contribution in [-0.4, -0.2) is 31.1 Å². The van der Waals surface area contributed by atoms with E-state index in [9.17, 15) is 9.59 Å². The SMILES string of the molecule is CCN(CC)CCCCNc1c(C(C)(C)C)c(=O)c1=O. The molecule has 114 valence electrons. The summed E-state index contributed by atoms with van der Waals surface area (Å²) in [7, 11) is 0. The average molecular weight is 280 g/mol. The number of hydrogen-bond acceptors (Lipinski definition) is 4. The molecule has 0 saturated carbocycles. The molecule has 0 aliphatic rings. The fourth-order valence-corrected chi connectivity index (χ4v) is 2.49. The number of rotatable bonds is 8. The summed E-state index contributed by atoms with van der Waals surface area (Å²) in [4.78, 5) is 25.6. The maximum atomic E-state index is 11.6. The van der Waals surface area contributed by atoms with Gasteiger partial charge < -0.3 is 10.2 Å². The van der Waals surface area contributed by atoms with Crippen molar-refractivity contribution >= 4 is 5.69 Å². The molecule has 0 heterocycles. The Kier molecular flexibility index (Phi) is 5.93. The van der Waals surface area contributed by atoms with Gasteiger partial charge in [0.15, 0.2) is 0 Å². The highest BCUT2D eigenvalue weighted by atomic mass is 16.2. The van der Waals surface area contributed by atoms with Crippen LogP contribution in [-0.2, 0) is 5.41 Å². The molecule has 0 bridgehead atoms. The lowest BCUT2D eigenvalue weighted by Gasteiger charge is -2.24. The van der Waals surface area contributed by atoms with Crippen LogP contribution in [0.1, 0.15) is 53.0 Å². The molecule has 1 N–H and O–H groups in total. The average Bonchev–Trinajstić information content (AvgIpc) is 2.39. The summed E-state index contributed by atoms with van der Waals surface area (Å²) in [5.41, 5.74) is 0.285. The van der Waals surface area contributed by atoms with Gasteiger partial charge in [-0.3, -0.25) is 9.59 Å². The third kappa shape index (κ3) is 3.92. The lowest BCUT2D eigenvalue weighted by atomic mass is 9.82. The number of unbranched alkanes of at least 4 members (excludes halogenated alkanes) is 1. The third-order valence-corrected chi connectivity index (χ3v) is 3.76. The van der Waals surface area contributed by atoms with E-state index in [-0.39, 0.29) is 16.3 Å². The molecule has 0 aliphatic carbocycles. The van der Waals surface area contributed by atoms with Crippen molar-refractivity contribution in [1.82, 2.24) is 4.90 Å². The van der Waals surface area contributed by atoms with Crippen molar-refractivity contribution in [3.8, 4) is 0 Å². The van der Waals surface area contributed by atoms with E-state index in [4.69, 9.17) is 0 Å². The molecule has 4 nitrogen and oxygen atoms in total. The van der Waals surface area contributed by atoms with Crippen molar-refractivity contribution in [3.05, 3.63) is 26.0 Å². The Morgan fingerprint density at radius 1 is 1.00 bits per heavy atom. The van der Waals surface area contributed by atoms with Crippen LogP contribution in [0, 0.1) is 0 Å². The number of hydrogen-bond donors (Lipinski definition) is 1. The van der Waals surface area contributed by atoms with Crippen LogP contribution in [0.2, 0.25) is 0 Å². The summed E-state index contributed by atoms with van der Waals surface area (Å²) < 4.78 is 0. The largest absolute Gasteiger partial charge is 0.381 e. The smallest absolute Gasteiger partial charge is 0.249 e. The highest BCUT2D eigenvalue weighted by Gasteiger charge is 2.29. The second-order valence-corrected chi connectivity index (χ2v) is 6.32. The summed E-state index contributed by atoms with van der Waals surface area (Å²) in [6.45, 7) is 14.2. The van der Waals surface area contributed by atoms with Crippen LogP contribution < -0.4 is 16.2 Å². The Balaban J connectivity index is 2.43. The van der Waals surface area contributed by atoms with Crippen LogP contribution in [0.25, 0.3) is 0 Å². The van der Waals surface area contributed by atoms with Crippen molar-refractivity contribution < 1.29 is 0 Å². The molecule has 0 saturated heterocycles. The minimum Gasteiger partial charge on any atom is -0.381 e. The molecule has 0 amide bonds. The van der Waals surface area contributed by atoms with Crippen molar-refractivity contribution in [2.45, 2.75) is 52.9 Å². The molecule has 20 heavy (non-hydrogen) atoms. The molecule has 4 heteroatoms. The predicted molar refractivity (Wildman–Crippen MR) is 85.6 cm³/mol. The first-order valence-electron chi connectivity index (χ1n) is 7.62. The second kappa shape index (κ2) is 7.02. The van der Waals surface area contributed by atoms with Gasteiger partial charge in [0.25, 0.3) is 0 Å². The van der Waals surface area contributed by atoms with Gasteiger partial charge in [-0.25, -0.2) is 0 Å². The topological polar surface area (TPSA) is 49.4 Å². The van der Waals surface area contributed by atoms with E-state index in [0.717, 1.165) is 39.0 Å². The van der Waals surface area contributed by atoms with Gasteiger partial charge in [0.2, 0.25) is 10.9 Å². The molecule has 1 aromatic carbocycles. The fraction of sp³-hybridized carbons (Fsp3) is 0.750. The van der Waals surface area contributed by atoms with Crippen LogP contribution in [0.3, 0.4) is 0 Å². The lowest BCUT2D eigenvalue weighted by molar-refractivity contribution is 0.298. The summed E-state index contributed by atoms with van der Waals surface area (Å²) in [6, 6.07) is 0. The van der Waals surface area contributed by atoms with Gasteiger partial charge >= 0.3 is 0 Å². The number of anilines is 1. The highest BCUT2D eigenvalue weighted by Crippen LogP contribution is 2.25. The van der Waals surface area contributed by atoms with Crippen molar-refractivity contribution in [3.63, 3.8) is 0 Å². The summed E-state index contributed by atoms with van der Waals surface area (Å²) in [6.07, 6.45) is 2.12. The van der Waals surface area contributed by atoms with Gasteiger partial charge in [0.1, 0.15) is 0 Å². The first-order valence-corrected chi connectivity index (χ1v) is 7.62. The molecule has 0 aliphatic heterocycles. The van der Waals surface area contributed by atoms with Gasteiger partial charge in [-0.1, -0.05) is 34.6 Å². The molecule has 0 radical (unpaired) electrons. The van der Waals surface area contributed by atoms with Gasteiger partial charge in [-0.2, -0.15) is 0 Å². The van der Waals surface area contributed by atoms with Gasteiger partial charge in [-0.05, 0) is 37.9 Å². The van der Waals surface area contributed by atoms with E-state index in [1.807, 2.05) is 20.8 Å². The maximum Gasteiger partial charge on any atom is 0.249 e. The van der Waals surface area contributed by atoms with Crippen molar-refractivity contribution in [2.75, 3.05) is 31.5 Å². The zero-order valence-electron chi connectivity index (χ0n) is 13.5. The van der Waals surface area contributed by atoms with Crippen LogP contribution in [0.4, 0.5) is 5.69 Å². The van der Waals surface area contributed by atoms with E-state index >= 15 is 0 Å². The normalized spacial score (nSPS) is 12.3. The fourth-order valence-electron chi connectivity index (χ4n) is 2.49. The Bertz CT molecular complexity index is 489. The molecule has 0 atom stereocenters. The minimum absolute atomic E-state index is 0.255. The van der Waals surface area contributed by atoms with Crippen molar-refractivity contribution in [2.24, 2.45) is 0 Å². The van der Waals surface area contributed by atoms with Crippen LogP contribution >= 0.6 is 0 Å². The monoisotopic (exact) mass is 280 g/mol. The van der Waals surface area contributed by atoms with Gasteiger partial charge in [-0.15, -0.1) is 0 Å². The standard InChI is InChI=1S/C16H28N2O2/c1-6-18(7-2)11-9-8-10-17-13-12(16(3,4)5)14(19)15(13)20/h17H,6-11H2,1-5H3. The second-order valence-electron chi connectivity index (χ2n) is 6.32. The Morgan fingerprint density at radius 3 is 2.10 bits per heavy atom. The maximum absolute atomic E-state index is 11.6. The molecular weight excluding hydrogens is 252 g/mol. The molecule has 0 fully saturated rings. The molecule has 0 aromatic heterocycles. The van der Waals surface area contributed by atoms with E-state index < -0.39 is 0 Å². The molecule has 0 unspecified atom stereocenters. The summed E-state index contributed by atoms with van der Waals surface area (Å²) in [5, 5.41) is 3.16. The molecular formula is C16H28N2O2. The first kappa shape index (κ1) is 16.9. The molecule has 0 spiro atoms. The van der Waals surface area contributed by atoms with E-state index in [1.165, 1.54) is 0 Å². The zero-order valence-corrected chi connectivity index (χ0v) is 13.5. The Hall–Kier alpha value is -1.16. The predicted octanol–water partition coefficient (Wildman–Crippen LogP) is 2.11. The molecule has 1 aromatic rings. The Labute approximate surface area is 121 Å². The van der Waals surface area contributed by atoms with E-state index in [1.54, 1.807) is 0 Å². The van der Waals surface area contributed by atoms with E-state index in [0.29, 0.717) is 11.3 Å². The van der Waals surface area contributed by atoms with Crippen LogP contribution in [0.15, 0.2) is 9.59 Å². The van der Waals surface area contributed by atoms with Crippen LogP contribution in [0.5, 0.6) is 0 Å². The number of nitrogens with one attached hydrogen (secondary N) is 1. The number of nitrogens with zero attached hydrogens (tertiary/aromatic N) is 1. The first-order chi connectivity index (χ1) is 9.32. The quantitative estimate of drug-likeness (QED) is 0.585. The Morgan fingerprint density at radius 2 is 1.60 bits per heavy atom. The molecule has 1 rings (SSSR count). The lowest BCUT2D eigenvalue weighted by Crippen LogP contribution is -2.43. The highest BCUT2D eigenvalue weighted by molar-refractivity contribution is 5.59. The minimum atomic E-state index is -0.348. The summed E-state index contributed by atoms with van der Waals surface area (Å²) >= 11 is 0.